The second-order valence-corrected chi connectivity index (χ2v) is 11.3. The van der Waals surface area contributed by atoms with E-state index in [2.05, 4.69) is 11.9 Å². The summed E-state index contributed by atoms with van der Waals surface area (Å²) in [4.78, 5) is 74.1. The molecule has 1 aliphatic carbocycles. The molecule has 0 saturated carbocycles. The molecule has 15 heteroatoms. The fraction of sp³-hybridized carbons (Fsp3) is 0.429. The average molecular weight is 698 g/mol. The predicted molar refractivity (Wildman–Crippen MR) is 171 cm³/mol. The van der Waals surface area contributed by atoms with Gasteiger partial charge in [-0.25, -0.2) is 9.59 Å². The smallest absolute Gasteiger partial charge is 0.407 e. The Morgan fingerprint density at radius 3 is 1.86 bits per heavy atom. The molecule has 50 heavy (non-hydrogen) atoms. The van der Waals surface area contributed by atoms with Crippen LogP contribution in [0.3, 0.4) is 0 Å². The van der Waals surface area contributed by atoms with Crippen molar-refractivity contribution in [3.63, 3.8) is 0 Å². The zero-order valence-electron chi connectivity index (χ0n) is 28.0. The molecule has 268 valence electrons. The van der Waals surface area contributed by atoms with Crippen molar-refractivity contribution in [2.45, 2.75) is 70.4 Å². The standard InChI is InChI=1S/C35H39NO14/c1-6-15-43-33(41)28(36-35(42)46-16-27-25-13-9-7-11-23(25)24-12-8-10-14-26(24)27)17-45-34-32(49-22(5)40)31(48-21(4)39)30(47-20(3)38)29(50-34)18-44-19(2)37/h6-14,27-32,34H,1,15-18H2,2-5H3,(H,36,42)/t28-,29+,30-,31-,32+,34+/m0/s1. The number of hydrogen-bond donors (Lipinski definition) is 1. The fourth-order valence-electron chi connectivity index (χ4n) is 5.71. The van der Waals surface area contributed by atoms with Crippen LogP contribution in [0.25, 0.3) is 11.1 Å². The third kappa shape index (κ3) is 9.66. The molecule has 1 N–H and O–H groups in total. The molecule has 1 aliphatic heterocycles. The van der Waals surface area contributed by atoms with Crippen LogP contribution in [0, 0.1) is 0 Å². The summed E-state index contributed by atoms with van der Waals surface area (Å²) in [5.74, 6) is -4.36. The lowest BCUT2D eigenvalue weighted by atomic mass is 9.98. The van der Waals surface area contributed by atoms with E-state index in [0.29, 0.717) is 0 Å². The Bertz CT molecular complexity index is 1540. The quantitative estimate of drug-likeness (QED) is 0.172. The Balaban J connectivity index is 1.53. The van der Waals surface area contributed by atoms with Crippen molar-refractivity contribution >= 4 is 35.9 Å². The van der Waals surface area contributed by atoms with Crippen molar-refractivity contribution in [2.24, 2.45) is 0 Å². The number of ether oxygens (including phenoxy) is 8. The first-order chi connectivity index (χ1) is 23.9. The summed E-state index contributed by atoms with van der Waals surface area (Å²) in [6.45, 7) is 6.53. The van der Waals surface area contributed by atoms with Crippen LogP contribution < -0.4 is 5.32 Å². The minimum atomic E-state index is -1.60. The largest absolute Gasteiger partial charge is 0.463 e. The van der Waals surface area contributed by atoms with Crippen molar-refractivity contribution in [1.29, 1.82) is 0 Å². The lowest BCUT2D eigenvalue weighted by Gasteiger charge is -2.44. The van der Waals surface area contributed by atoms with Gasteiger partial charge in [0.25, 0.3) is 0 Å². The molecule has 0 aromatic heterocycles. The summed E-state index contributed by atoms with van der Waals surface area (Å²) < 4.78 is 43.7. The first-order valence-corrected chi connectivity index (χ1v) is 15.7. The third-order valence-electron chi connectivity index (χ3n) is 7.64. The molecular formula is C35H39NO14. The van der Waals surface area contributed by atoms with Crippen LogP contribution in [-0.2, 0) is 61.9 Å². The molecule has 0 spiro atoms. The number of carbonyl (C=O) groups excluding carboxylic acids is 6. The Morgan fingerprint density at radius 2 is 1.30 bits per heavy atom. The second-order valence-electron chi connectivity index (χ2n) is 11.3. The van der Waals surface area contributed by atoms with E-state index in [0.717, 1.165) is 49.9 Å². The van der Waals surface area contributed by atoms with E-state index in [1.807, 2.05) is 48.5 Å². The highest BCUT2D eigenvalue weighted by Gasteiger charge is 2.53. The summed E-state index contributed by atoms with van der Waals surface area (Å²) in [7, 11) is 0. The van der Waals surface area contributed by atoms with E-state index in [1.165, 1.54) is 6.08 Å². The van der Waals surface area contributed by atoms with Crippen LogP contribution >= 0.6 is 0 Å². The van der Waals surface area contributed by atoms with Gasteiger partial charge in [-0.2, -0.15) is 0 Å². The van der Waals surface area contributed by atoms with Gasteiger partial charge in [-0.15, -0.1) is 0 Å². The van der Waals surface area contributed by atoms with E-state index in [9.17, 15) is 28.8 Å². The van der Waals surface area contributed by atoms with Gasteiger partial charge >= 0.3 is 35.9 Å². The van der Waals surface area contributed by atoms with E-state index in [-0.39, 0.29) is 19.1 Å². The maximum Gasteiger partial charge on any atom is 0.407 e. The summed E-state index contributed by atoms with van der Waals surface area (Å²) in [5.41, 5.74) is 4.02. The number of esters is 5. The lowest BCUT2D eigenvalue weighted by molar-refractivity contribution is -0.308. The first kappa shape index (κ1) is 37.5. The molecule has 2 aromatic rings. The van der Waals surface area contributed by atoms with Gasteiger partial charge in [-0.3, -0.25) is 19.2 Å². The van der Waals surface area contributed by atoms with Crippen molar-refractivity contribution in [3.8, 4) is 11.1 Å². The predicted octanol–water partition coefficient (Wildman–Crippen LogP) is 2.72. The van der Waals surface area contributed by atoms with Crippen molar-refractivity contribution in [3.05, 3.63) is 72.3 Å². The highest BCUT2D eigenvalue weighted by atomic mass is 16.7. The van der Waals surface area contributed by atoms with E-state index < -0.39 is 85.9 Å². The molecule has 0 radical (unpaired) electrons. The minimum absolute atomic E-state index is 0.0468. The topological polar surface area (TPSA) is 188 Å². The fourth-order valence-corrected chi connectivity index (χ4v) is 5.71. The number of rotatable bonds is 14. The van der Waals surface area contributed by atoms with Crippen LogP contribution in [0.2, 0.25) is 0 Å². The summed E-state index contributed by atoms with van der Waals surface area (Å²) in [6.07, 6.45) is -6.98. The van der Waals surface area contributed by atoms with Gasteiger partial charge in [-0.05, 0) is 22.3 Å². The molecule has 2 aromatic carbocycles. The zero-order chi connectivity index (χ0) is 36.4. The molecule has 15 nitrogen and oxygen atoms in total. The summed E-state index contributed by atoms with van der Waals surface area (Å²) in [6, 6.07) is 14.1. The number of alkyl carbamates (subject to hydrolysis) is 1. The van der Waals surface area contributed by atoms with Crippen molar-refractivity contribution in [2.75, 3.05) is 26.4 Å². The van der Waals surface area contributed by atoms with Crippen LogP contribution in [0.4, 0.5) is 4.79 Å². The monoisotopic (exact) mass is 697 g/mol. The Labute approximate surface area is 288 Å². The second kappa shape index (κ2) is 17.4. The molecule has 1 heterocycles. The maximum absolute atomic E-state index is 13.1. The molecule has 4 rings (SSSR count). The number of amides is 1. The van der Waals surface area contributed by atoms with Gasteiger partial charge in [-0.1, -0.05) is 61.2 Å². The van der Waals surface area contributed by atoms with Gasteiger partial charge in [0.1, 0.15) is 25.9 Å². The minimum Gasteiger partial charge on any atom is -0.463 e. The number of benzene rings is 2. The molecule has 0 bridgehead atoms. The van der Waals surface area contributed by atoms with Crippen LogP contribution in [0.1, 0.15) is 44.7 Å². The number of carbonyl (C=O) groups is 6. The molecule has 2 aliphatic rings. The number of hydrogen-bond acceptors (Lipinski definition) is 14. The van der Waals surface area contributed by atoms with Crippen LogP contribution in [-0.4, -0.2) is 99.1 Å². The van der Waals surface area contributed by atoms with Crippen molar-refractivity contribution in [1.82, 2.24) is 5.32 Å². The van der Waals surface area contributed by atoms with Gasteiger partial charge < -0.3 is 43.2 Å². The number of fused-ring (bicyclic) bond motifs is 3. The van der Waals surface area contributed by atoms with Crippen LogP contribution in [0.5, 0.6) is 0 Å². The Hall–Kier alpha value is -5.28. The first-order valence-electron chi connectivity index (χ1n) is 15.7. The molecule has 1 saturated heterocycles. The van der Waals surface area contributed by atoms with Gasteiger partial charge in [0.15, 0.2) is 30.6 Å². The molecule has 1 fully saturated rings. The average Bonchev–Trinajstić information content (AvgIpc) is 3.38. The van der Waals surface area contributed by atoms with E-state index >= 15 is 0 Å². The highest BCUT2D eigenvalue weighted by molar-refractivity contribution is 5.82. The molecular weight excluding hydrogens is 658 g/mol. The lowest BCUT2D eigenvalue weighted by Crippen LogP contribution is -2.63. The normalized spacial score (nSPS) is 21.3. The Kier molecular flexibility index (Phi) is 13.1. The van der Waals surface area contributed by atoms with Gasteiger partial charge in [0.2, 0.25) is 0 Å². The third-order valence-corrected chi connectivity index (χ3v) is 7.64. The zero-order valence-corrected chi connectivity index (χ0v) is 28.0. The number of nitrogens with one attached hydrogen (secondary N) is 1. The summed E-state index contributed by atoms with van der Waals surface area (Å²) in [5, 5.41) is 2.44. The van der Waals surface area contributed by atoms with Crippen molar-refractivity contribution < 1.29 is 66.7 Å². The van der Waals surface area contributed by atoms with Gasteiger partial charge in [0, 0.05) is 33.6 Å². The Morgan fingerprint density at radius 1 is 0.740 bits per heavy atom. The van der Waals surface area contributed by atoms with E-state index in [4.69, 9.17) is 37.9 Å². The van der Waals surface area contributed by atoms with E-state index in [1.54, 1.807) is 0 Å². The molecule has 6 atom stereocenters. The van der Waals surface area contributed by atoms with Gasteiger partial charge in [0.05, 0.1) is 6.61 Å². The molecule has 1 amide bonds. The highest BCUT2D eigenvalue weighted by Crippen LogP contribution is 2.44. The van der Waals surface area contributed by atoms with Crippen LogP contribution in [0.15, 0.2) is 61.2 Å². The maximum atomic E-state index is 13.1. The summed E-state index contributed by atoms with van der Waals surface area (Å²) >= 11 is 0. The molecule has 0 unspecified atom stereocenters. The SMILES string of the molecule is C=CCOC(=O)[C@H](CO[C@@H]1O[C@H](COC(C)=O)[C@H](OC(C)=O)[C@H](OC(C)=O)[C@H]1OC(C)=O)NC(=O)OCC1c2ccccc2-c2ccccc21.